The maximum atomic E-state index is 11.3. The van der Waals surface area contributed by atoms with E-state index < -0.39 is 5.97 Å². The molecule has 0 bridgehead atoms. The minimum Gasteiger partial charge on any atom is -0.461 e. The van der Waals surface area contributed by atoms with Crippen LogP contribution in [0.4, 0.5) is 5.13 Å². The van der Waals surface area contributed by atoms with Crippen molar-refractivity contribution in [1.82, 2.24) is 15.0 Å². The van der Waals surface area contributed by atoms with Gasteiger partial charge in [0.2, 0.25) is 0 Å². The molecule has 0 amide bonds. The van der Waals surface area contributed by atoms with Crippen LogP contribution in [0, 0.1) is 0 Å². The first-order valence-electron chi connectivity index (χ1n) is 4.91. The van der Waals surface area contributed by atoms with Gasteiger partial charge in [-0.3, -0.25) is 4.98 Å². The first kappa shape index (κ1) is 11.5. The van der Waals surface area contributed by atoms with Gasteiger partial charge in [0.05, 0.1) is 23.9 Å². The van der Waals surface area contributed by atoms with Crippen LogP contribution >= 0.6 is 11.3 Å². The number of nitrogen functional groups attached to an aromatic ring is 1. The number of ether oxygens (including phenoxy) is 1. The van der Waals surface area contributed by atoms with Crippen molar-refractivity contribution >= 4 is 22.4 Å². The standard InChI is InChI=1S/C10H10N4O2S/c1-2-16-9(15)7-4-12-6(3-13-7)8-5-14-10(11)17-8/h3-5H,2H2,1H3,(H2,11,14). The fourth-order valence-corrected chi connectivity index (χ4v) is 1.82. The Hall–Kier alpha value is -2.02. The van der Waals surface area contributed by atoms with Gasteiger partial charge in [-0.2, -0.15) is 0 Å². The summed E-state index contributed by atoms with van der Waals surface area (Å²) in [5, 5.41) is 0.469. The lowest BCUT2D eigenvalue weighted by Crippen LogP contribution is -2.07. The zero-order valence-electron chi connectivity index (χ0n) is 9.08. The Labute approximate surface area is 101 Å². The minimum atomic E-state index is -0.477. The first-order valence-corrected chi connectivity index (χ1v) is 5.73. The van der Waals surface area contributed by atoms with E-state index in [1.54, 1.807) is 13.1 Å². The van der Waals surface area contributed by atoms with Crippen LogP contribution in [0.15, 0.2) is 18.6 Å². The Balaban J connectivity index is 2.21. The Morgan fingerprint density at radius 2 is 2.18 bits per heavy atom. The molecule has 7 heteroatoms. The van der Waals surface area contributed by atoms with Crippen LogP contribution in [0.2, 0.25) is 0 Å². The van der Waals surface area contributed by atoms with Crippen LogP contribution in [0.3, 0.4) is 0 Å². The number of carbonyl (C=O) groups is 1. The van der Waals surface area contributed by atoms with Crippen LogP contribution in [0.1, 0.15) is 17.4 Å². The van der Waals surface area contributed by atoms with E-state index in [1.165, 1.54) is 23.7 Å². The van der Waals surface area contributed by atoms with E-state index in [1.807, 2.05) is 0 Å². The van der Waals surface area contributed by atoms with Crippen LogP contribution in [-0.4, -0.2) is 27.5 Å². The summed E-state index contributed by atoms with van der Waals surface area (Å²) in [6, 6.07) is 0. The SMILES string of the molecule is CCOC(=O)c1cnc(-c2cnc(N)s2)cn1. The summed E-state index contributed by atoms with van der Waals surface area (Å²) in [5.74, 6) is -0.477. The Bertz CT molecular complexity index is 523. The van der Waals surface area contributed by atoms with E-state index in [9.17, 15) is 4.79 Å². The molecule has 17 heavy (non-hydrogen) atoms. The number of rotatable bonds is 3. The van der Waals surface area contributed by atoms with Crippen LogP contribution in [0.25, 0.3) is 10.6 Å². The lowest BCUT2D eigenvalue weighted by molar-refractivity contribution is 0.0519. The maximum absolute atomic E-state index is 11.3. The predicted octanol–water partition coefficient (Wildman–Crippen LogP) is 1.36. The van der Waals surface area contributed by atoms with Crippen LogP contribution in [0.5, 0.6) is 0 Å². The number of nitrogens with two attached hydrogens (primary N) is 1. The maximum Gasteiger partial charge on any atom is 0.358 e. The van der Waals surface area contributed by atoms with Gasteiger partial charge in [-0.25, -0.2) is 14.8 Å². The molecule has 2 aromatic rings. The number of thiazole rings is 1. The monoisotopic (exact) mass is 250 g/mol. The molecule has 2 aromatic heterocycles. The lowest BCUT2D eigenvalue weighted by Gasteiger charge is -2.00. The number of esters is 1. The van der Waals surface area contributed by atoms with Gasteiger partial charge in [0, 0.05) is 6.20 Å². The number of carbonyl (C=O) groups excluding carboxylic acids is 1. The molecule has 0 aliphatic rings. The normalized spacial score (nSPS) is 10.2. The zero-order chi connectivity index (χ0) is 12.3. The molecular formula is C10H10N4O2S. The quantitative estimate of drug-likeness (QED) is 0.827. The number of nitrogens with zero attached hydrogens (tertiary/aromatic N) is 3. The molecule has 88 valence electrons. The smallest absolute Gasteiger partial charge is 0.358 e. The summed E-state index contributed by atoms with van der Waals surface area (Å²) in [7, 11) is 0. The van der Waals surface area contributed by atoms with E-state index in [4.69, 9.17) is 10.5 Å². The molecule has 0 aromatic carbocycles. The molecule has 0 unspecified atom stereocenters. The van der Waals surface area contributed by atoms with Gasteiger partial charge in [0.25, 0.3) is 0 Å². The number of hydrogen-bond donors (Lipinski definition) is 1. The summed E-state index contributed by atoms with van der Waals surface area (Å²) in [6.07, 6.45) is 4.50. The van der Waals surface area contributed by atoms with Gasteiger partial charge in [0.1, 0.15) is 5.69 Å². The molecular weight excluding hydrogens is 240 g/mol. The van der Waals surface area contributed by atoms with Crippen molar-refractivity contribution in [2.24, 2.45) is 0 Å². The molecule has 0 atom stereocenters. The highest BCUT2D eigenvalue weighted by Gasteiger charge is 2.10. The molecule has 0 saturated heterocycles. The summed E-state index contributed by atoms with van der Waals surface area (Å²) < 4.78 is 4.81. The van der Waals surface area contributed by atoms with Crippen molar-refractivity contribution in [3.05, 3.63) is 24.3 Å². The average Bonchev–Trinajstić information content (AvgIpc) is 2.76. The Morgan fingerprint density at radius 3 is 2.71 bits per heavy atom. The summed E-state index contributed by atoms with van der Waals surface area (Å²) in [6.45, 7) is 2.05. The van der Waals surface area contributed by atoms with Crippen molar-refractivity contribution in [1.29, 1.82) is 0 Å². The van der Waals surface area contributed by atoms with E-state index in [0.29, 0.717) is 17.4 Å². The van der Waals surface area contributed by atoms with Crippen molar-refractivity contribution in [3.8, 4) is 10.6 Å². The third-order valence-electron chi connectivity index (χ3n) is 1.91. The third-order valence-corrected chi connectivity index (χ3v) is 2.76. The van der Waals surface area contributed by atoms with Gasteiger partial charge in [-0.05, 0) is 6.92 Å². The van der Waals surface area contributed by atoms with Gasteiger partial charge in [-0.15, -0.1) is 0 Å². The van der Waals surface area contributed by atoms with Crippen molar-refractivity contribution in [2.75, 3.05) is 12.3 Å². The summed E-state index contributed by atoms with van der Waals surface area (Å²) in [5.41, 5.74) is 6.34. The Kier molecular flexibility index (Phi) is 3.29. The van der Waals surface area contributed by atoms with Crippen molar-refractivity contribution in [3.63, 3.8) is 0 Å². The fraction of sp³-hybridized carbons (Fsp3) is 0.200. The predicted molar refractivity (Wildman–Crippen MR) is 63.5 cm³/mol. The number of anilines is 1. The van der Waals surface area contributed by atoms with E-state index in [-0.39, 0.29) is 5.69 Å². The summed E-state index contributed by atoms with van der Waals surface area (Å²) >= 11 is 1.31. The van der Waals surface area contributed by atoms with E-state index >= 15 is 0 Å². The van der Waals surface area contributed by atoms with E-state index in [0.717, 1.165) is 4.88 Å². The second-order valence-electron chi connectivity index (χ2n) is 3.07. The molecule has 0 aliphatic heterocycles. The second-order valence-corrected chi connectivity index (χ2v) is 4.13. The number of hydrogen-bond acceptors (Lipinski definition) is 7. The minimum absolute atomic E-state index is 0.188. The molecule has 0 aliphatic carbocycles. The highest BCUT2D eigenvalue weighted by Crippen LogP contribution is 2.24. The lowest BCUT2D eigenvalue weighted by atomic mass is 10.4. The van der Waals surface area contributed by atoms with Crippen molar-refractivity contribution in [2.45, 2.75) is 6.92 Å². The molecule has 2 N–H and O–H groups in total. The zero-order valence-corrected chi connectivity index (χ0v) is 9.90. The second kappa shape index (κ2) is 4.88. The number of aromatic nitrogens is 3. The third kappa shape index (κ3) is 2.56. The van der Waals surface area contributed by atoms with Gasteiger partial charge in [0.15, 0.2) is 10.8 Å². The Morgan fingerprint density at radius 1 is 1.35 bits per heavy atom. The molecule has 0 fully saturated rings. The first-order chi connectivity index (χ1) is 8.20. The fourth-order valence-electron chi connectivity index (χ4n) is 1.17. The molecule has 0 radical (unpaired) electrons. The molecule has 0 saturated carbocycles. The topological polar surface area (TPSA) is 91.0 Å². The van der Waals surface area contributed by atoms with Crippen LogP contribution < -0.4 is 5.73 Å². The largest absolute Gasteiger partial charge is 0.461 e. The molecule has 0 spiro atoms. The van der Waals surface area contributed by atoms with Gasteiger partial charge < -0.3 is 10.5 Å². The van der Waals surface area contributed by atoms with Crippen molar-refractivity contribution < 1.29 is 9.53 Å². The molecule has 6 nitrogen and oxygen atoms in total. The van der Waals surface area contributed by atoms with E-state index in [2.05, 4.69) is 15.0 Å². The highest BCUT2D eigenvalue weighted by molar-refractivity contribution is 7.18. The van der Waals surface area contributed by atoms with Crippen LogP contribution in [-0.2, 0) is 4.74 Å². The van der Waals surface area contributed by atoms with Gasteiger partial charge >= 0.3 is 5.97 Å². The van der Waals surface area contributed by atoms with Gasteiger partial charge in [-0.1, -0.05) is 11.3 Å². The molecule has 2 rings (SSSR count). The average molecular weight is 250 g/mol. The summed E-state index contributed by atoms with van der Waals surface area (Å²) in [4.78, 5) is 24.2. The highest BCUT2D eigenvalue weighted by atomic mass is 32.1. The molecule has 2 heterocycles.